The number of carboxylic acids is 1. The molecule has 0 spiro atoms. The summed E-state index contributed by atoms with van der Waals surface area (Å²) in [5.41, 5.74) is 8.46. The van der Waals surface area contributed by atoms with Crippen LogP contribution in [0.25, 0.3) is 22.2 Å². The third-order valence-corrected chi connectivity index (χ3v) is 3.44. The van der Waals surface area contributed by atoms with Crippen LogP contribution >= 0.6 is 11.6 Å². The fourth-order valence-corrected chi connectivity index (χ4v) is 2.35. The van der Waals surface area contributed by atoms with E-state index >= 15 is 0 Å². The Labute approximate surface area is 153 Å². The van der Waals surface area contributed by atoms with Crippen LogP contribution in [0.2, 0.25) is 5.02 Å². The van der Waals surface area contributed by atoms with E-state index in [1.807, 2.05) is 39.8 Å². The van der Waals surface area contributed by atoms with Gasteiger partial charge in [-0.3, -0.25) is 0 Å². The molecule has 0 bridgehead atoms. The highest BCUT2D eigenvalue weighted by atomic mass is 35.5. The molecule has 25 heavy (non-hydrogen) atoms. The Kier molecular flexibility index (Phi) is 7.89. The Bertz CT molecular complexity index is 846. The maximum atomic E-state index is 11.5. The zero-order valence-electron chi connectivity index (χ0n) is 14.9. The molecule has 0 unspecified atom stereocenters. The van der Waals surface area contributed by atoms with Crippen molar-refractivity contribution in [1.82, 2.24) is 4.98 Å². The van der Waals surface area contributed by atoms with E-state index in [0.717, 1.165) is 5.56 Å². The van der Waals surface area contributed by atoms with Gasteiger partial charge in [-0.1, -0.05) is 51.4 Å². The summed E-state index contributed by atoms with van der Waals surface area (Å²) in [4.78, 5) is 16.0. The highest BCUT2D eigenvalue weighted by molar-refractivity contribution is 6.31. The first kappa shape index (κ1) is 20.5. The molecule has 1 aromatic heterocycles. The average Bonchev–Trinajstić information content (AvgIpc) is 2.64. The van der Waals surface area contributed by atoms with Crippen molar-refractivity contribution in [3.63, 3.8) is 0 Å². The standard InChI is InChI=1S/C16H11ClN2O2.2C2H6/c17-10-3-6-14-12(7-10)13(16(20)21)8-15(19-14)9-1-4-11(18)5-2-9;2*1-2/h1-8H,18H2,(H,20,21);2*1-2H3. The van der Waals surface area contributed by atoms with Gasteiger partial charge in [0, 0.05) is 21.7 Å². The fraction of sp³-hybridized carbons (Fsp3) is 0.200. The highest BCUT2D eigenvalue weighted by Gasteiger charge is 2.13. The van der Waals surface area contributed by atoms with Crippen molar-refractivity contribution in [3.8, 4) is 11.3 Å². The number of fused-ring (bicyclic) bond motifs is 1. The van der Waals surface area contributed by atoms with E-state index in [4.69, 9.17) is 17.3 Å². The van der Waals surface area contributed by atoms with Crippen LogP contribution in [-0.2, 0) is 0 Å². The van der Waals surface area contributed by atoms with Gasteiger partial charge in [-0.05, 0) is 36.4 Å². The lowest BCUT2D eigenvalue weighted by Crippen LogP contribution is -2.00. The predicted molar refractivity (Wildman–Crippen MR) is 106 cm³/mol. The minimum atomic E-state index is -1.01. The van der Waals surface area contributed by atoms with Crippen molar-refractivity contribution in [2.75, 3.05) is 5.73 Å². The molecule has 1 heterocycles. The molecule has 0 aliphatic heterocycles. The summed E-state index contributed by atoms with van der Waals surface area (Å²) in [7, 11) is 0. The Morgan fingerprint density at radius 3 is 2.16 bits per heavy atom. The van der Waals surface area contributed by atoms with Crippen LogP contribution in [0, 0.1) is 0 Å². The minimum Gasteiger partial charge on any atom is -0.478 e. The molecule has 0 saturated carbocycles. The Balaban J connectivity index is 0.000000730. The zero-order valence-corrected chi connectivity index (χ0v) is 15.6. The number of pyridine rings is 1. The Hall–Kier alpha value is -2.59. The smallest absolute Gasteiger partial charge is 0.336 e. The molecule has 0 saturated heterocycles. The summed E-state index contributed by atoms with van der Waals surface area (Å²) in [6.45, 7) is 8.00. The van der Waals surface area contributed by atoms with Crippen molar-refractivity contribution in [3.05, 3.63) is 59.1 Å². The van der Waals surface area contributed by atoms with Crippen molar-refractivity contribution < 1.29 is 9.90 Å². The molecule has 3 N–H and O–H groups in total. The number of benzene rings is 2. The van der Waals surface area contributed by atoms with Crippen molar-refractivity contribution in [1.29, 1.82) is 0 Å². The van der Waals surface area contributed by atoms with Crippen molar-refractivity contribution in [2.24, 2.45) is 0 Å². The lowest BCUT2D eigenvalue weighted by atomic mass is 10.0. The maximum absolute atomic E-state index is 11.5. The van der Waals surface area contributed by atoms with Gasteiger partial charge < -0.3 is 10.8 Å². The van der Waals surface area contributed by atoms with E-state index in [2.05, 4.69) is 4.98 Å². The number of aromatic carboxylic acids is 1. The van der Waals surface area contributed by atoms with Gasteiger partial charge in [0.15, 0.2) is 0 Å². The lowest BCUT2D eigenvalue weighted by molar-refractivity contribution is 0.0699. The molecule has 0 radical (unpaired) electrons. The second-order valence-electron chi connectivity index (χ2n) is 4.64. The van der Waals surface area contributed by atoms with Crippen LogP contribution in [-0.4, -0.2) is 16.1 Å². The van der Waals surface area contributed by atoms with Gasteiger partial charge in [-0.25, -0.2) is 9.78 Å². The first-order valence-corrected chi connectivity index (χ1v) is 8.62. The summed E-state index contributed by atoms with van der Waals surface area (Å²) in [5, 5.41) is 10.4. The van der Waals surface area contributed by atoms with Crippen LogP contribution in [0.5, 0.6) is 0 Å². The highest BCUT2D eigenvalue weighted by Crippen LogP contribution is 2.27. The molecular weight excluding hydrogens is 336 g/mol. The minimum absolute atomic E-state index is 0.175. The van der Waals surface area contributed by atoms with Gasteiger partial charge in [0.1, 0.15) is 0 Å². The number of halogens is 1. The number of carbonyl (C=O) groups is 1. The number of carboxylic acid groups (broad SMARTS) is 1. The Morgan fingerprint density at radius 1 is 1.00 bits per heavy atom. The summed E-state index contributed by atoms with van der Waals surface area (Å²) >= 11 is 5.93. The van der Waals surface area contributed by atoms with Gasteiger partial charge >= 0.3 is 5.97 Å². The number of nitrogen functional groups attached to an aromatic ring is 1. The largest absolute Gasteiger partial charge is 0.478 e. The number of rotatable bonds is 2. The first-order chi connectivity index (χ1) is 12.0. The van der Waals surface area contributed by atoms with Crippen LogP contribution < -0.4 is 5.73 Å². The molecule has 0 aliphatic carbocycles. The molecule has 4 nitrogen and oxygen atoms in total. The molecule has 3 rings (SSSR count). The van der Waals surface area contributed by atoms with Crippen LogP contribution in [0.15, 0.2) is 48.5 Å². The summed E-state index contributed by atoms with van der Waals surface area (Å²) in [6, 6.07) is 13.7. The third-order valence-electron chi connectivity index (χ3n) is 3.21. The number of hydrogen-bond donors (Lipinski definition) is 2. The topological polar surface area (TPSA) is 76.2 Å². The number of nitrogens with two attached hydrogens (primary N) is 1. The number of nitrogens with zero attached hydrogens (tertiary/aromatic N) is 1. The summed E-state index contributed by atoms with van der Waals surface area (Å²) < 4.78 is 0. The van der Waals surface area contributed by atoms with E-state index < -0.39 is 5.97 Å². The molecular formula is C20H23ClN2O2. The molecule has 132 valence electrons. The number of aromatic nitrogens is 1. The summed E-state index contributed by atoms with van der Waals surface area (Å²) in [6.07, 6.45) is 0. The lowest BCUT2D eigenvalue weighted by Gasteiger charge is -2.08. The van der Waals surface area contributed by atoms with Gasteiger partial charge in [-0.15, -0.1) is 0 Å². The second-order valence-corrected chi connectivity index (χ2v) is 5.08. The van der Waals surface area contributed by atoms with Crippen LogP contribution in [0.3, 0.4) is 0 Å². The van der Waals surface area contributed by atoms with E-state index in [9.17, 15) is 9.90 Å². The molecule has 0 fully saturated rings. The monoisotopic (exact) mass is 358 g/mol. The third kappa shape index (κ3) is 4.94. The van der Waals surface area contributed by atoms with Crippen LogP contribution in [0.1, 0.15) is 38.1 Å². The molecule has 0 amide bonds. The predicted octanol–water partition coefficient (Wildman–Crippen LogP) is 5.89. The van der Waals surface area contributed by atoms with Crippen molar-refractivity contribution >= 4 is 34.2 Å². The normalized spacial score (nSPS) is 9.48. The van der Waals surface area contributed by atoms with Gasteiger partial charge in [0.2, 0.25) is 0 Å². The van der Waals surface area contributed by atoms with E-state index in [1.54, 1.807) is 36.4 Å². The van der Waals surface area contributed by atoms with E-state index in [1.165, 1.54) is 0 Å². The molecule has 5 heteroatoms. The molecule has 0 aliphatic rings. The van der Waals surface area contributed by atoms with Crippen LogP contribution in [0.4, 0.5) is 5.69 Å². The number of hydrogen-bond acceptors (Lipinski definition) is 3. The average molecular weight is 359 g/mol. The molecule has 3 aromatic rings. The van der Waals surface area contributed by atoms with E-state index in [0.29, 0.717) is 27.3 Å². The van der Waals surface area contributed by atoms with E-state index in [-0.39, 0.29) is 5.56 Å². The quantitative estimate of drug-likeness (QED) is 0.560. The van der Waals surface area contributed by atoms with Gasteiger partial charge in [-0.2, -0.15) is 0 Å². The zero-order chi connectivity index (χ0) is 19.0. The first-order valence-electron chi connectivity index (χ1n) is 8.24. The SMILES string of the molecule is CC.CC.Nc1ccc(-c2cc(C(=O)O)c3cc(Cl)ccc3n2)cc1. The molecule has 2 aromatic carbocycles. The van der Waals surface area contributed by atoms with Gasteiger partial charge in [0.25, 0.3) is 0 Å². The Morgan fingerprint density at radius 2 is 1.60 bits per heavy atom. The van der Waals surface area contributed by atoms with Crippen molar-refractivity contribution in [2.45, 2.75) is 27.7 Å². The fourth-order valence-electron chi connectivity index (χ4n) is 2.18. The maximum Gasteiger partial charge on any atom is 0.336 e. The number of anilines is 1. The second kappa shape index (κ2) is 9.64. The summed E-state index contributed by atoms with van der Waals surface area (Å²) in [5.74, 6) is -1.01. The molecule has 0 atom stereocenters. The van der Waals surface area contributed by atoms with Gasteiger partial charge in [0.05, 0.1) is 16.8 Å².